The van der Waals surface area contributed by atoms with E-state index in [0.29, 0.717) is 0 Å². The molecule has 2 atom stereocenters. The first kappa shape index (κ1) is 18.7. The fourth-order valence-corrected chi connectivity index (χ4v) is 4.61. The molecular weight excluding hydrogens is 364 g/mol. The fourth-order valence-electron chi connectivity index (χ4n) is 4.27. The van der Waals surface area contributed by atoms with Crippen LogP contribution >= 0.6 is 12.2 Å². The Morgan fingerprint density at radius 3 is 2.43 bits per heavy atom. The van der Waals surface area contributed by atoms with Crippen LogP contribution < -0.4 is 10.2 Å². The van der Waals surface area contributed by atoms with Gasteiger partial charge in [-0.2, -0.15) is 0 Å². The van der Waals surface area contributed by atoms with E-state index in [1.807, 2.05) is 18.3 Å². The van der Waals surface area contributed by atoms with Crippen LogP contribution in [-0.4, -0.2) is 14.7 Å². The number of aryl methyl sites for hydroxylation is 2. The average molecular weight is 391 g/mol. The molecule has 0 unspecified atom stereocenters. The summed E-state index contributed by atoms with van der Waals surface area (Å²) in [5.41, 5.74) is 7.20. The van der Waals surface area contributed by atoms with Crippen LogP contribution in [-0.2, 0) is 6.54 Å². The number of benzene rings is 1. The van der Waals surface area contributed by atoms with Crippen LogP contribution in [0.4, 0.5) is 5.69 Å². The number of hydrogen-bond acceptors (Lipinski definition) is 2. The molecule has 1 saturated heterocycles. The molecule has 4 nitrogen and oxygen atoms in total. The highest BCUT2D eigenvalue weighted by atomic mass is 32.1. The van der Waals surface area contributed by atoms with Gasteiger partial charge in [-0.1, -0.05) is 23.8 Å². The monoisotopic (exact) mass is 390 g/mol. The summed E-state index contributed by atoms with van der Waals surface area (Å²) in [6.07, 6.45) is 1.85. The van der Waals surface area contributed by atoms with Gasteiger partial charge in [0.25, 0.3) is 0 Å². The molecule has 3 heterocycles. The Balaban J connectivity index is 1.88. The maximum Gasteiger partial charge on any atom is 0.174 e. The smallest absolute Gasteiger partial charge is 0.174 e. The number of aromatic nitrogens is 2. The quantitative estimate of drug-likeness (QED) is 0.635. The second kappa shape index (κ2) is 7.40. The highest BCUT2D eigenvalue weighted by Gasteiger charge is 2.42. The van der Waals surface area contributed by atoms with Gasteiger partial charge in [-0.25, -0.2) is 0 Å². The molecule has 0 radical (unpaired) electrons. The first-order valence-corrected chi connectivity index (χ1v) is 10.2. The molecule has 0 amide bonds. The normalized spacial score (nSPS) is 19.1. The molecule has 5 heteroatoms. The van der Waals surface area contributed by atoms with Gasteiger partial charge in [0, 0.05) is 29.8 Å². The Labute approximate surface area is 172 Å². The van der Waals surface area contributed by atoms with E-state index in [1.165, 1.54) is 22.5 Å². The summed E-state index contributed by atoms with van der Waals surface area (Å²) in [7, 11) is 0. The molecular formula is C23H26N4S. The van der Waals surface area contributed by atoms with E-state index in [2.05, 4.69) is 83.9 Å². The fraction of sp³-hybridized carbons (Fsp3) is 0.304. The standard InChI is InChI=1S/C23H26N4S/c1-5-26-16(3)14-19(17(26)4)22-21(20-8-6-7-13-24-20)25-23(28)27(22)18-11-9-15(2)10-12-18/h6-14,21-22H,5H2,1-4H3,(H,25,28)/t21-,22+/m0/s1. The Bertz CT molecular complexity index is 991. The number of pyridine rings is 1. The lowest BCUT2D eigenvalue weighted by Gasteiger charge is -2.28. The summed E-state index contributed by atoms with van der Waals surface area (Å²) in [5, 5.41) is 4.28. The zero-order chi connectivity index (χ0) is 19.8. The van der Waals surface area contributed by atoms with E-state index < -0.39 is 0 Å². The number of thiocarbonyl (C=S) groups is 1. The van der Waals surface area contributed by atoms with Crippen molar-refractivity contribution in [3.63, 3.8) is 0 Å². The van der Waals surface area contributed by atoms with Crippen LogP contribution in [0, 0.1) is 20.8 Å². The third-order valence-electron chi connectivity index (χ3n) is 5.66. The molecule has 28 heavy (non-hydrogen) atoms. The van der Waals surface area contributed by atoms with Gasteiger partial charge in [0.05, 0.1) is 17.8 Å². The lowest BCUT2D eigenvalue weighted by atomic mass is 9.96. The van der Waals surface area contributed by atoms with Crippen molar-refractivity contribution in [1.29, 1.82) is 0 Å². The van der Waals surface area contributed by atoms with Crippen molar-refractivity contribution >= 4 is 23.0 Å². The van der Waals surface area contributed by atoms with E-state index in [1.54, 1.807) is 0 Å². The van der Waals surface area contributed by atoms with E-state index in [0.717, 1.165) is 23.0 Å². The third-order valence-corrected chi connectivity index (χ3v) is 5.97. The SMILES string of the molecule is CCn1c(C)cc([C@@H]2[C@H](c3ccccn3)NC(=S)N2c2ccc(C)cc2)c1C. The van der Waals surface area contributed by atoms with Gasteiger partial charge in [0.1, 0.15) is 0 Å². The summed E-state index contributed by atoms with van der Waals surface area (Å²) >= 11 is 5.80. The average Bonchev–Trinajstić information content (AvgIpc) is 3.18. The number of nitrogens with zero attached hydrogens (tertiary/aromatic N) is 3. The number of rotatable bonds is 4. The van der Waals surface area contributed by atoms with Gasteiger partial charge in [0.15, 0.2) is 5.11 Å². The van der Waals surface area contributed by atoms with Crippen LogP contribution in [0.3, 0.4) is 0 Å². The van der Waals surface area contributed by atoms with Gasteiger partial charge < -0.3 is 14.8 Å². The van der Waals surface area contributed by atoms with Crippen molar-refractivity contribution in [1.82, 2.24) is 14.9 Å². The maximum absolute atomic E-state index is 5.80. The largest absolute Gasteiger partial charge is 0.351 e. The molecule has 1 aliphatic rings. The van der Waals surface area contributed by atoms with E-state index >= 15 is 0 Å². The molecule has 1 aliphatic heterocycles. The Hall–Kier alpha value is -2.66. The van der Waals surface area contributed by atoms with Crippen molar-refractivity contribution in [2.24, 2.45) is 0 Å². The number of hydrogen-bond donors (Lipinski definition) is 1. The predicted octanol–water partition coefficient (Wildman–Crippen LogP) is 5.01. The van der Waals surface area contributed by atoms with Crippen LogP contribution in [0.15, 0.2) is 54.7 Å². The van der Waals surface area contributed by atoms with Gasteiger partial charge in [-0.15, -0.1) is 0 Å². The van der Waals surface area contributed by atoms with Crippen LogP contribution in [0.5, 0.6) is 0 Å². The first-order valence-electron chi connectivity index (χ1n) is 9.75. The molecule has 0 aliphatic carbocycles. The van der Waals surface area contributed by atoms with Crippen LogP contribution in [0.1, 0.15) is 47.2 Å². The second-order valence-electron chi connectivity index (χ2n) is 7.40. The minimum Gasteiger partial charge on any atom is -0.351 e. The Morgan fingerprint density at radius 1 is 1.07 bits per heavy atom. The van der Waals surface area contributed by atoms with E-state index in [9.17, 15) is 0 Å². The van der Waals surface area contributed by atoms with Crippen molar-refractivity contribution < 1.29 is 0 Å². The summed E-state index contributed by atoms with van der Waals surface area (Å²) in [6.45, 7) is 9.63. The second-order valence-corrected chi connectivity index (χ2v) is 7.79. The van der Waals surface area contributed by atoms with Crippen molar-refractivity contribution in [3.05, 3.63) is 82.9 Å². The lowest BCUT2D eigenvalue weighted by Crippen LogP contribution is -2.29. The summed E-state index contributed by atoms with van der Waals surface area (Å²) in [6, 6.07) is 17.0. The minimum absolute atomic E-state index is 0.000749. The summed E-state index contributed by atoms with van der Waals surface area (Å²) in [4.78, 5) is 6.88. The molecule has 0 spiro atoms. The zero-order valence-corrected chi connectivity index (χ0v) is 17.6. The molecule has 3 aromatic rings. The molecule has 0 bridgehead atoms. The highest BCUT2D eigenvalue weighted by molar-refractivity contribution is 7.80. The topological polar surface area (TPSA) is 33.1 Å². The predicted molar refractivity (Wildman–Crippen MR) is 119 cm³/mol. The molecule has 144 valence electrons. The van der Waals surface area contributed by atoms with Crippen LogP contribution in [0.25, 0.3) is 0 Å². The molecule has 1 aromatic carbocycles. The molecule has 1 fully saturated rings. The van der Waals surface area contributed by atoms with Gasteiger partial charge in [-0.3, -0.25) is 4.98 Å². The Kier molecular flexibility index (Phi) is 4.94. The van der Waals surface area contributed by atoms with E-state index in [4.69, 9.17) is 12.2 Å². The lowest BCUT2D eigenvalue weighted by molar-refractivity contribution is 0.563. The minimum atomic E-state index is 0.000749. The van der Waals surface area contributed by atoms with Crippen molar-refractivity contribution in [3.8, 4) is 0 Å². The number of anilines is 1. The summed E-state index contributed by atoms with van der Waals surface area (Å²) < 4.78 is 2.36. The molecule has 0 saturated carbocycles. The Morgan fingerprint density at radius 2 is 1.82 bits per heavy atom. The van der Waals surface area contributed by atoms with Gasteiger partial charge >= 0.3 is 0 Å². The number of nitrogens with one attached hydrogen (secondary N) is 1. The van der Waals surface area contributed by atoms with Crippen LogP contribution in [0.2, 0.25) is 0 Å². The zero-order valence-electron chi connectivity index (χ0n) is 16.8. The summed E-state index contributed by atoms with van der Waals surface area (Å²) in [5.74, 6) is 0. The van der Waals surface area contributed by atoms with E-state index in [-0.39, 0.29) is 12.1 Å². The molecule has 4 rings (SSSR count). The van der Waals surface area contributed by atoms with Gasteiger partial charge in [-0.05, 0) is 75.8 Å². The first-order chi connectivity index (χ1) is 13.5. The van der Waals surface area contributed by atoms with Gasteiger partial charge in [0.2, 0.25) is 0 Å². The maximum atomic E-state index is 5.80. The van der Waals surface area contributed by atoms with Crippen molar-refractivity contribution in [2.45, 2.75) is 46.3 Å². The molecule has 2 aromatic heterocycles. The van der Waals surface area contributed by atoms with Crippen molar-refractivity contribution in [2.75, 3.05) is 4.90 Å². The highest BCUT2D eigenvalue weighted by Crippen LogP contribution is 2.43. The molecule has 1 N–H and O–H groups in total. The third kappa shape index (κ3) is 3.10.